The molecule has 0 radical (unpaired) electrons. The van der Waals surface area contributed by atoms with Crippen molar-refractivity contribution in [3.05, 3.63) is 59.1 Å². The summed E-state index contributed by atoms with van der Waals surface area (Å²) in [7, 11) is 0. The predicted octanol–water partition coefficient (Wildman–Crippen LogP) is 4.06. The lowest BCUT2D eigenvalue weighted by molar-refractivity contribution is 0.843. The van der Waals surface area contributed by atoms with Gasteiger partial charge in [0.05, 0.1) is 0 Å². The van der Waals surface area contributed by atoms with Crippen molar-refractivity contribution in [3.63, 3.8) is 0 Å². The van der Waals surface area contributed by atoms with Gasteiger partial charge in [-0.05, 0) is 29.5 Å². The van der Waals surface area contributed by atoms with Crippen molar-refractivity contribution in [3.8, 4) is 0 Å². The van der Waals surface area contributed by atoms with E-state index in [9.17, 15) is 0 Å². The van der Waals surface area contributed by atoms with Gasteiger partial charge in [0.1, 0.15) is 4.83 Å². The van der Waals surface area contributed by atoms with Crippen LogP contribution in [0.25, 0.3) is 10.2 Å². The maximum absolute atomic E-state index is 2.32. The molecule has 3 rings (SSSR count). The van der Waals surface area contributed by atoms with Gasteiger partial charge in [0, 0.05) is 18.1 Å². The summed E-state index contributed by atoms with van der Waals surface area (Å²) in [6.07, 6.45) is 2.18. The van der Waals surface area contributed by atoms with Gasteiger partial charge in [-0.15, -0.1) is 11.3 Å². The second-order valence-electron chi connectivity index (χ2n) is 4.07. The van der Waals surface area contributed by atoms with Gasteiger partial charge >= 0.3 is 0 Å². The van der Waals surface area contributed by atoms with Crippen LogP contribution in [0.15, 0.2) is 48.0 Å². The molecule has 0 saturated heterocycles. The summed E-state index contributed by atoms with van der Waals surface area (Å²) in [5.41, 5.74) is 2.73. The van der Waals surface area contributed by atoms with Crippen LogP contribution in [0.5, 0.6) is 0 Å². The molecule has 0 aliphatic carbocycles. The third kappa shape index (κ3) is 1.55. The Balaban J connectivity index is 2.01. The molecule has 2 heterocycles. The monoisotopic (exact) mass is 227 g/mol. The zero-order valence-electron chi connectivity index (χ0n) is 9.18. The van der Waals surface area contributed by atoms with Gasteiger partial charge in [-0.25, -0.2) is 0 Å². The number of thiophene rings is 1. The highest BCUT2D eigenvalue weighted by Crippen LogP contribution is 2.26. The largest absolute Gasteiger partial charge is 0.335 e. The lowest BCUT2D eigenvalue weighted by atomic mass is 10.2. The molecule has 1 aromatic carbocycles. The number of fused-ring (bicyclic) bond motifs is 1. The number of nitrogens with zero attached hydrogens (tertiary/aromatic N) is 1. The SMILES string of the molecule is Cc1csc2c1ccn2Cc1ccccc1. The highest BCUT2D eigenvalue weighted by Gasteiger charge is 2.05. The molecular formula is C14H13NS. The zero-order valence-corrected chi connectivity index (χ0v) is 10.00. The molecule has 0 N–H and O–H groups in total. The van der Waals surface area contributed by atoms with Crippen molar-refractivity contribution >= 4 is 21.6 Å². The first-order valence-corrected chi connectivity index (χ1v) is 6.29. The smallest absolute Gasteiger partial charge is 0.103 e. The molecule has 16 heavy (non-hydrogen) atoms. The van der Waals surface area contributed by atoms with E-state index in [1.165, 1.54) is 21.3 Å². The maximum atomic E-state index is 2.32. The van der Waals surface area contributed by atoms with Crippen molar-refractivity contribution in [1.82, 2.24) is 4.57 Å². The zero-order chi connectivity index (χ0) is 11.0. The normalized spacial score (nSPS) is 11.1. The van der Waals surface area contributed by atoms with Crippen molar-refractivity contribution in [1.29, 1.82) is 0 Å². The third-order valence-corrected chi connectivity index (χ3v) is 4.03. The van der Waals surface area contributed by atoms with Gasteiger partial charge in [0.2, 0.25) is 0 Å². The molecule has 0 saturated carbocycles. The van der Waals surface area contributed by atoms with Gasteiger partial charge in [-0.2, -0.15) is 0 Å². The van der Waals surface area contributed by atoms with E-state index in [1.54, 1.807) is 0 Å². The summed E-state index contributed by atoms with van der Waals surface area (Å²) in [5.74, 6) is 0. The Morgan fingerprint density at radius 1 is 1.12 bits per heavy atom. The van der Waals surface area contributed by atoms with Crippen molar-refractivity contribution in [2.45, 2.75) is 13.5 Å². The fourth-order valence-corrected chi connectivity index (χ4v) is 3.03. The van der Waals surface area contributed by atoms with E-state index in [1.807, 2.05) is 11.3 Å². The van der Waals surface area contributed by atoms with Crippen molar-refractivity contribution in [2.24, 2.45) is 0 Å². The Bertz CT molecular complexity index is 604. The molecule has 0 spiro atoms. The molecule has 0 atom stereocenters. The van der Waals surface area contributed by atoms with Crippen LogP contribution in [0, 0.1) is 6.92 Å². The van der Waals surface area contributed by atoms with E-state index in [0.717, 1.165) is 6.54 Å². The summed E-state index contributed by atoms with van der Waals surface area (Å²) < 4.78 is 2.32. The summed E-state index contributed by atoms with van der Waals surface area (Å²) in [4.78, 5) is 1.38. The number of hydrogen-bond acceptors (Lipinski definition) is 1. The number of hydrogen-bond donors (Lipinski definition) is 0. The minimum absolute atomic E-state index is 0.963. The number of rotatable bonds is 2. The topological polar surface area (TPSA) is 4.93 Å². The van der Waals surface area contributed by atoms with E-state index in [2.05, 4.69) is 59.5 Å². The van der Waals surface area contributed by atoms with Gasteiger partial charge < -0.3 is 4.57 Å². The first-order chi connectivity index (χ1) is 7.84. The minimum atomic E-state index is 0.963. The standard InChI is InChI=1S/C14H13NS/c1-11-10-16-14-13(11)7-8-15(14)9-12-5-3-2-4-6-12/h2-8,10H,9H2,1H3. The molecule has 1 nitrogen and oxygen atoms in total. The maximum Gasteiger partial charge on any atom is 0.103 e. The van der Waals surface area contributed by atoms with E-state index in [4.69, 9.17) is 0 Å². The number of aromatic nitrogens is 1. The Kier molecular flexibility index (Phi) is 2.29. The Morgan fingerprint density at radius 2 is 1.94 bits per heavy atom. The third-order valence-electron chi connectivity index (χ3n) is 2.88. The molecule has 2 aromatic heterocycles. The van der Waals surface area contributed by atoms with Crippen LogP contribution in [0.3, 0.4) is 0 Å². The van der Waals surface area contributed by atoms with Crippen LogP contribution in [0.4, 0.5) is 0 Å². The first kappa shape index (κ1) is 9.67. The molecule has 0 aliphatic rings. The Morgan fingerprint density at radius 3 is 2.75 bits per heavy atom. The quantitative estimate of drug-likeness (QED) is 0.622. The molecule has 0 fully saturated rings. The van der Waals surface area contributed by atoms with Crippen LogP contribution in [-0.2, 0) is 6.54 Å². The van der Waals surface area contributed by atoms with Crippen LogP contribution in [0.2, 0.25) is 0 Å². The highest BCUT2D eigenvalue weighted by molar-refractivity contribution is 7.17. The lowest BCUT2D eigenvalue weighted by Gasteiger charge is -2.03. The lowest BCUT2D eigenvalue weighted by Crippen LogP contribution is -1.95. The summed E-state index contributed by atoms with van der Waals surface area (Å²) in [6, 6.07) is 12.8. The second-order valence-corrected chi connectivity index (χ2v) is 4.92. The number of benzene rings is 1. The van der Waals surface area contributed by atoms with Gasteiger partial charge in [-0.3, -0.25) is 0 Å². The predicted molar refractivity (Wildman–Crippen MR) is 70.1 cm³/mol. The van der Waals surface area contributed by atoms with Crippen LogP contribution < -0.4 is 0 Å². The van der Waals surface area contributed by atoms with Crippen LogP contribution in [0.1, 0.15) is 11.1 Å². The van der Waals surface area contributed by atoms with Crippen LogP contribution in [-0.4, -0.2) is 4.57 Å². The fraction of sp³-hybridized carbons (Fsp3) is 0.143. The Labute approximate surface area is 99.0 Å². The van der Waals surface area contributed by atoms with E-state index >= 15 is 0 Å². The van der Waals surface area contributed by atoms with E-state index in [-0.39, 0.29) is 0 Å². The van der Waals surface area contributed by atoms with Gasteiger partial charge in [-0.1, -0.05) is 30.3 Å². The fourth-order valence-electron chi connectivity index (χ4n) is 2.00. The molecule has 0 unspecified atom stereocenters. The molecule has 80 valence electrons. The average molecular weight is 227 g/mol. The number of aryl methyl sites for hydroxylation is 1. The van der Waals surface area contributed by atoms with E-state index < -0.39 is 0 Å². The average Bonchev–Trinajstić information content (AvgIpc) is 2.86. The minimum Gasteiger partial charge on any atom is -0.335 e. The summed E-state index contributed by atoms with van der Waals surface area (Å²) in [6.45, 7) is 3.13. The van der Waals surface area contributed by atoms with E-state index in [0.29, 0.717) is 0 Å². The molecule has 2 heteroatoms. The molecule has 3 aromatic rings. The molecule has 0 bridgehead atoms. The van der Waals surface area contributed by atoms with Crippen LogP contribution >= 0.6 is 11.3 Å². The highest BCUT2D eigenvalue weighted by atomic mass is 32.1. The van der Waals surface area contributed by atoms with Gasteiger partial charge in [0.15, 0.2) is 0 Å². The van der Waals surface area contributed by atoms with Gasteiger partial charge in [0.25, 0.3) is 0 Å². The molecular weight excluding hydrogens is 214 g/mol. The summed E-state index contributed by atoms with van der Waals surface area (Å²) >= 11 is 1.83. The molecule has 0 aliphatic heterocycles. The second kappa shape index (κ2) is 3.80. The summed E-state index contributed by atoms with van der Waals surface area (Å²) in [5, 5.41) is 3.62. The van der Waals surface area contributed by atoms with Crippen molar-refractivity contribution in [2.75, 3.05) is 0 Å². The first-order valence-electron chi connectivity index (χ1n) is 5.41. The molecule has 0 amide bonds. The Hall–Kier alpha value is -1.54. The van der Waals surface area contributed by atoms with Crippen molar-refractivity contribution < 1.29 is 0 Å².